The zero-order valence-electron chi connectivity index (χ0n) is 10.7. The number of pyridine rings is 1. The maximum atomic E-state index is 5.67. The quantitative estimate of drug-likeness (QED) is 0.895. The first-order valence-electron chi connectivity index (χ1n) is 6.60. The summed E-state index contributed by atoms with van der Waals surface area (Å²) in [6.07, 6.45) is 6.81. The van der Waals surface area contributed by atoms with Crippen molar-refractivity contribution in [1.82, 2.24) is 14.7 Å². The monoisotopic (exact) mass is 245 g/mol. The van der Waals surface area contributed by atoms with Gasteiger partial charge in [-0.1, -0.05) is 6.07 Å². The van der Waals surface area contributed by atoms with Crippen molar-refractivity contribution in [1.29, 1.82) is 0 Å². The molecule has 3 heterocycles. The minimum absolute atomic E-state index is 0.363. The van der Waals surface area contributed by atoms with Crippen molar-refractivity contribution in [3.05, 3.63) is 36.3 Å². The Morgan fingerprint density at radius 1 is 1.56 bits per heavy atom. The number of nitrogens with one attached hydrogen (secondary N) is 1. The van der Waals surface area contributed by atoms with Gasteiger partial charge in [-0.15, -0.1) is 0 Å². The van der Waals surface area contributed by atoms with E-state index in [0.29, 0.717) is 12.1 Å². The second kappa shape index (κ2) is 5.08. The Kier molecular flexibility index (Phi) is 3.30. The predicted molar refractivity (Wildman–Crippen MR) is 70.5 cm³/mol. The number of ether oxygens (including phenoxy) is 1. The van der Waals surface area contributed by atoms with Gasteiger partial charge in [0.2, 0.25) is 0 Å². The maximum Gasteiger partial charge on any atom is 0.137 e. The van der Waals surface area contributed by atoms with Gasteiger partial charge in [-0.2, -0.15) is 0 Å². The van der Waals surface area contributed by atoms with Crippen molar-refractivity contribution in [2.24, 2.45) is 0 Å². The molecule has 3 rings (SSSR count). The fraction of sp³-hybridized carbons (Fsp3) is 0.500. The Balaban J connectivity index is 1.62. The van der Waals surface area contributed by atoms with Crippen LogP contribution in [0.25, 0.3) is 5.65 Å². The van der Waals surface area contributed by atoms with Gasteiger partial charge in [-0.3, -0.25) is 0 Å². The van der Waals surface area contributed by atoms with Crippen LogP contribution in [0.3, 0.4) is 0 Å². The van der Waals surface area contributed by atoms with Crippen LogP contribution in [0.1, 0.15) is 25.5 Å². The Bertz CT molecular complexity index is 483. The van der Waals surface area contributed by atoms with Crippen LogP contribution < -0.4 is 5.32 Å². The van der Waals surface area contributed by atoms with Crippen LogP contribution in [0.15, 0.2) is 30.6 Å². The molecule has 1 fully saturated rings. The highest BCUT2D eigenvalue weighted by atomic mass is 16.5. The highest BCUT2D eigenvalue weighted by Crippen LogP contribution is 2.15. The van der Waals surface area contributed by atoms with Crippen molar-refractivity contribution < 1.29 is 4.74 Å². The van der Waals surface area contributed by atoms with Crippen molar-refractivity contribution in [2.75, 3.05) is 6.61 Å². The largest absolute Gasteiger partial charge is 0.377 e. The van der Waals surface area contributed by atoms with Crippen molar-refractivity contribution in [3.63, 3.8) is 0 Å². The van der Waals surface area contributed by atoms with E-state index < -0.39 is 0 Å². The molecule has 1 N–H and O–H groups in total. The van der Waals surface area contributed by atoms with Gasteiger partial charge in [0, 0.05) is 31.6 Å². The molecule has 1 aliphatic heterocycles. The van der Waals surface area contributed by atoms with Crippen LogP contribution in [-0.2, 0) is 11.3 Å². The second-order valence-electron chi connectivity index (χ2n) is 4.92. The zero-order valence-corrected chi connectivity index (χ0v) is 10.7. The third-order valence-corrected chi connectivity index (χ3v) is 3.54. The van der Waals surface area contributed by atoms with Gasteiger partial charge in [0.15, 0.2) is 0 Å². The number of hydrogen-bond donors (Lipinski definition) is 1. The topological polar surface area (TPSA) is 38.6 Å². The molecule has 18 heavy (non-hydrogen) atoms. The van der Waals surface area contributed by atoms with Crippen LogP contribution >= 0.6 is 0 Å². The van der Waals surface area contributed by atoms with E-state index >= 15 is 0 Å². The van der Waals surface area contributed by atoms with Gasteiger partial charge >= 0.3 is 0 Å². The summed E-state index contributed by atoms with van der Waals surface area (Å²) in [7, 11) is 0. The van der Waals surface area contributed by atoms with Crippen LogP contribution in [0.4, 0.5) is 0 Å². The molecular weight excluding hydrogens is 226 g/mol. The molecule has 2 atom stereocenters. The first-order chi connectivity index (χ1) is 8.83. The molecule has 96 valence electrons. The smallest absolute Gasteiger partial charge is 0.137 e. The Morgan fingerprint density at radius 2 is 2.50 bits per heavy atom. The molecule has 0 aromatic carbocycles. The van der Waals surface area contributed by atoms with E-state index in [1.165, 1.54) is 12.8 Å². The van der Waals surface area contributed by atoms with E-state index in [0.717, 1.165) is 24.5 Å². The molecule has 0 amide bonds. The SMILES string of the molecule is CC(NCc1cn2ccccc2n1)C1CCCO1. The van der Waals surface area contributed by atoms with Crippen molar-refractivity contribution >= 4 is 5.65 Å². The lowest BCUT2D eigenvalue weighted by Gasteiger charge is -2.19. The highest BCUT2D eigenvalue weighted by molar-refractivity contribution is 5.39. The average Bonchev–Trinajstić information content (AvgIpc) is 3.04. The van der Waals surface area contributed by atoms with E-state index in [2.05, 4.69) is 23.4 Å². The molecule has 0 aliphatic carbocycles. The fourth-order valence-corrected chi connectivity index (χ4v) is 2.47. The minimum Gasteiger partial charge on any atom is -0.377 e. The lowest BCUT2D eigenvalue weighted by molar-refractivity contribution is 0.0831. The molecule has 4 nitrogen and oxygen atoms in total. The van der Waals surface area contributed by atoms with E-state index in [9.17, 15) is 0 Å². The molecule has 0 saturated carbocycles. The van der Waals surface area contributed by atoms with E-state index in [1.54, 1.807) is 0 Å². The van der Waals surface area contributed by atoms with Gasteiger partial charge in [0.05, 0.1) is 11.8 Å². The van der Waals surface area contributed by atoms with Gasteiger partial charge < -0.3 is 14.5 Å². The minimum atomic E-state index is 0.363. The summed E-state index contributed by atoms with van der Waals surface area (Å²) in [6, 6.07) is 6.43. The summed E-state index contributed by atoms with van der Waals surface area (Å²) in [5.41, 5.74) is 2.07. The molecule has 0 bridgehead atoms. The number of hydrogen-bond acceptors (Lipinski definition) is 3. The Hall–Kier alpha value is -1.39. The number of rotatable bonds is 4. The number of aromatic nitrogens is 2. The number of fused-ring (bicyclic) bond motifs is 1. The summed E-state index contributed by atoms with van der Waals surface area (Å²) in [4.78, 5) is 4.57. The number of imidazole rings is 1. The molecule has 0 radical (unpaired) electrons. The highest BCUT2D eigenvalue weighted by Gasteiger charge is 2.21. The first-order valence-corrected chi connectivity index (χ1v) is 6.60. The van der Waals surface area contributed by atoms with Crippen LogP contribution in [0, 0.1) is 0 Å². The van der Waals surface area contributed by atoms with E-state index in [1.807, 2.05) is 28.8 Å². The zero-order chi connectivity index (χ0) is 12.4. The summed E-state index contributed by atoms with van der Waals surface area (Å²) in [6.45, 7) is 3.89. The molecule has 1 saturated heterocycles. The predicted octanol–water partition coefficient (Wildman–Crippen LogP) is 1.99. The van der Waals surface area contributed by atoms with E-state index in [-0.39, 0.29) is 0 Å². The van der Waals surface area contributed by atoms with Crippen LogP contribution in [0.5, 0.6) is 0 Å². The van der Waals surface area contributed by atoms with Crippen molar-refractivity contribution in [2.45, 2.75) is 38.5 Å². The summed E-state index contributed by atoms with van der Waals surface area (Å²) in [5.74, 6) is 0. The first kappa shape index (κ1) is 11.7. The molecule has 2 aromatic rings. The Morgan fingerprint density at radius 3 is 3.28 bits per heavy atom. The van der Waals surface area contributed by atoms with E-state index in [4.69, 9.17) is 4.74 Å². The molecule has 1 aliphatic rings. The number of nitrogens with zero attached hydrogens (tertiary/aromatic N) is 2. The normalized spacial score (nSPS) is 21.5. The van der Waals surface area contributed by atoms with Crippen molar-refractivity contribution in [3.8, 4) is 0 Å². The second-order valence-corrected chi connectivity index (χ2v) is 4.92. The maximum absolute atomic E-state index is 5.67. The van der Waals surface area contributed by atoms with Crippen LogP contribution in [-0.4, -0.2) is 28.1 Å². The molecule has 0 spiro atoms. The van der Waals surface area contributed by atoms with Gasteiger partial charge in [0.25, 0.3) is 0 Å². The standard InChI is InChI=1S/C14H19N3O/c1-11(13-5-4-8-18-13)15-9-12-10-17-7-3-2-6-14(17)16-12/h2-3,6-7,10-11,13,15H,4-5,8-9H2,1H3. The third kappa shape index (κ3) is 2.40. The molecular formula is C14H19N3O. The molecule has 4 heteroatoms. The summed E-state index contributed by atoms with van der Waals surface area (Å²) < 4.78 is 7.72. The van der Waals surface area contributed by atoms with Crippen LogP contribution in [0.2, 0.25) is 0 Å². The van der Waals surface area contributed by atoms with Gasteiger partial charge in [-0.05, 0) is 31.9 Å². The molecule has 2 unspecified atom stereocenters. The lowest BCUT2D eigenvalue weighted by atomic mass is 10.1. The molecule has 2 aromatic heterocycles. The summed E-state index contributed by atoms with van der Waals surface area (Å²) >= 11 is 0. The Labute approximate surface area is 107 Å². The van der Waals surface area contributed by atoms with Gasteiger partial charge in [0.1, 0.15) is 5.65 Å². The lowest BCUT2D eigenvalue weighted by Crippen LogP contribution is -2.36. The fourth-order valence-electron chi connectivity index (χ4n) is 2.47. The third-order valence-electron chi connectivity index (χ3n) is 3.54. The van der Waals surface area contributed by atoms with Gasteiger partial charge in [-0.25, -0.2) is 4.98 Å². The average molecular weight is 245 g/mol. The summed E-state index contributed by atoms with van der Waals surface area (Å²) in [5, 5.41) is 3.50.